The summed E-state index contributed by atoms with van der Waals surface area (Å²) in [7, 11) is 4.53. The summed E-state index contributed by atoms with van der Waals surface area (Å²) in [6.45, 7) is 3.63. The first-order valence-corrected chi connectivity index (χ1v) is 8.41. The van der Waals surface area contributed by atoms with Gasteiger partial charge in [0.1, 0.15) is 0 Å². The molecule has 0 saturated heterocycles. The van der Waals surface area contributed by atoms with Crippen molar-refractivity contribution in [3.63, 3.8) is 0 Å². The third-order valence-corrected chi connectivity index (χ3v) is 3.86. The second kappa shape index (κ2) is 8.93. The molecule has 2 aromatic rings. The number of benzene rings is 2. The largest absolute Gasteiger partial charge is 0.493 e. The molecule has 0 aliphatic carbocycles. The Bertz CT molecular complexity index is 791. The fraction of sp³-hybridized carbons (Fsp3) is 0.300. The molecule has 0 aliphatic rings. The molecule has 2 aromatic carbocycles. The van der Waals surface area contributed by atoms with Gasteiger partial charge < -0.3 is 24.8 Å². The number of rotatable bonds is 7. The maximum atomic E-state index is 12.5. The van der Waals surface area contributed by atoms with Gasteiger partial charge in [0, 0.05) is 35.0 Å². The molecule has 7 heteroatoms. The van der Waals surface area contributed by atoms with Crippen LogP contribution < -0.4 is 24.8 Å². The SMILES string of the molecule is COc1cc(NC(=O)c2ccc(NC(=O)C(C)C)cc2)cc(OC)c1OC. The highest BCUT2D eigenvalue weighted by Gasteiger charge is 2.15. The maximum Gasteiger partial charge on any atom is 0.255 e. The van der Waals surface area contributed by atoms with Crippen LogP contribution in [0.15, 0.2) is 36.4 Å². The molecule has 0 saturated carbocycles. The molecule has 0 atom stereocenters. The van der Waals surface area contributed by atoms with Crippen LogP contribution in [0.4, 0.5) is 11.4 Å². The smallest absolute Gasteiger partial charge is 0.255 e. The van der Waals surface area contributed by atoms with Crippen LogP contribution in [0, 0.1) is 5.92 Å². The summed E-state index contributed by atoms with van der Waals surface area (Å²) in [6.07, 6.45) is 0. The molecule has 7 nitrogen and oxygen atoms in total. The van der Waals surface area contributed by atoms with Crippen molar-refractivity contribution in [2.45, 2.75) is 13.8 Å². The molecule has 0 bridgehead atoms. The Balaban J connectivity index is 2.16. The van der Waals surface area contributed by atoms with Gasteiger partial charge in [-0.2, -0.15) is 0 Å². The Morgan fingerprint density at radius 2 is 1.37 bits per heavy atom. The highest BCUT2D eigenvalue weighted by atomic mass is 16.5. The molecular weight excluding hydrogens is 348 g/mol. The lowest BCUT2D eigenvalue weighted by Crippen LogP contribution is -2.18. The second-order valence-corrected chi connectivity index (χ2v) is 6.09. The van der Waals surface area contributed by atoms with E-state index in [4.69, 9.17) is 14.2 Å². The van der Waals surface area contributed by atoms with Crippen molar-refractivity contribution in [1.29, 1.82) is 0 Å². The van der Waals surface area contributed by atoms with Crippen LogP contribution in [0.3, 0.4) is 0 Å². The fourth-order valence-corrected chi connectivity index (χ4v) is 2.35. The Labute approximate surface area is 158 Å². The number of anilines is 2. The Hall–Kier alpha value is -3.22. The van der Waals surface area contributed by atoms with Crippen molar-refractivity contribution >= 4 is 23.2 Å². The number of methoxy groups -OCH3 is 3. The first-order chi connectivity index (χ1) is 12.9. The van der Waals surface area contributed by atoms with Gasteiger partial charge in [-0.3, -0.25) is 9.59 Å². The van der Waals surface area contributed by atoms with Crippen molar-refractivity contribution in [3.8, 4) is 17.2 Å². The van der Waals surface area contributed by atoms with Crippen LogP contribution in [0.5, 0.6) is 17.2 Å². The zero-order valence-corrected chi connectivity index (χ0v) is 16.1. The maximum absolute atomic E-state index is 12.5. The lowest BCUT2D eigenvalue weighted by atomic mass is 10.1. The van der Waals surface area contributed by atoms with Gasteiger partial charge in [-0.1, -0.05) is 13.8 Å². The summed E-state index contributed by atoms with van der Waals surface area (Å²) < 4.78 is 15.8. The normalized spacial score (nSPS) is 10.3. The quantitative estimate of drug-likeness (QED) is 0.776. The number of hydrogen-bond donors (Lipinski definition) is 2. The first-order valence-electron chi connectivity index (χ1n) is 8.41. The topological polar surface area (TPSA) is 85.9 Å². The van der Waals surface area contributed by atoms with Gasteiger partial charge in [0.25, 0.3) is 5.91 Å². The van der Waals surface area contributed by atoms with E-state index in [0.29, 0.717) is 34.2 Å². The van der Waals surface area contributed by atoms with Gasteiger partial charge in [0.2, 0.25) is 11.7 Å². The summed E-state index contributed by atoms with van der Waals surface area (Å²) in [6, 6.07) is 9.95. The number of carbonyl (C=O) groups is 2. The lowest BCUT2D eigenvalue weighted by molar-refractivity contribution is -0.118. The molecule has 0 spiro atoms. The molecule has 2 amide bonds. The molecule has 2 N–H and O–H groups in total. The number of hydrogen-bond acceptors (Lipinski definition) is 5. The molecule has 0 unspecified atom stereocenters. The monoisotopic (exact) mass is 372 g/mol. The van der Waals surface area contributed by atoms with E-state index in [1.807, 2.05) is 13.8 Å². The third-order valence-electron chi connectivity index (χ3n) is 3.86. The third kappa shape index (κ3) is 4.91. The van der Waals surface area contributed by atoms with Crippen LogP contribution in [0.1, 0.15) is 24.2 Å². The molecule has 2 rings (SSSR count). The molecular formula is C20H24N2O5. The van der Waals surface area contributed by atoms with E-state index in [2.05, 4.69) is 10.6 Å². The molecule has 0 radical (unpaired) electrons. The number of amides is 2. The Morgan fingerprint density at radius 3 is 1.81 bits per heavy atom. The summed E-state index contributed by atoms with van der Waals surface area (Å²) >= 11 is 0. The van der Waals surface area contributed by atoms with E-state index in [-0.39, 0.29) is 17.7 Å². The van der Waals surface area contributed by atoms with E-state index in [0.717, 1.165) is 0 Å². The van der Waals surface area contributed by atoms with Crippen molar-refractivity contribution in [2.24, 2.45) is 5.92 Å². The van der Waals surface area contributed by atoms with Crippen molar-refractivity contribution in [1.82, 2.24) is 0 Å². The number of nitrogens with one attached hydrogen (secondary N) is 2. The molecule has 144 valence electrons. The van der Waals surface area contributed by atoms with Gasteiger partial charge in [-0.15, -0.1) is 0 Å². The number of carbonyl (C=O) groups excluding carboxylic acids is 2. The molecule has 0 heterocycles. The zero-order chi connectivity index (χ0) is 20.0. The second-order valence-electron chi connectivity index (χ2n) is 6.09. The van der Waals surface area contributed by atoms with Gasteiger partial charge in [-0.05, 0) is 24.3 Å². The molecule has 0 aromatic heterocycles. The molecule has 0 fully saturated rings. The van der Waals surface area contributed by atoms with Crippen molar-refractivity contribution in [3.05, 3.63) is 42.0 Å². The zero-order valence-electron chi connectivity index (χ0n) is 16.1. The first kappa shape index (κ1) is 20.1. The van der Waals surface area contributed by atoms with E-state index in [1.165, 1.54) is 21.3 Å². The average Bonchev–Trinajstić information content (AvgIpc) is 2.67. The van der Waals surface area contributed by atoms with E-state index < -0.39 is 0 Å². The predicted octanol–water partition coefficient (Wildman–Crippen LogP) is 3.56. The minimum Gasteiger partial charge on any atom is -0.493 e. The molecule has 0 aliphatic heterocycles. The van der Waals surface area contributed by atoms with Crippen LogP contribution in [-0.2, 0) is 4.79 Å². The van der Waals surface area contributed by atoms with Crippen LogP contribution in [0.2, 0.25) is 0 Å². The molecule has 27 heavy (non-hydrogen) atoms. The van der Waals surface area contributed by atoms with E-state index >= 15 is 0 Å². The van der Waals surface area contributed by atoms with Crippen LogP contribution in [-0.4, -0.2) is 33.1 Å². The highest BCUT2D eigenvalue weighted by molar-refractivity contribution is 6.05. The summed E-state index contributed by atoms with van der Waals surface area (Å²) in [5, 5.41) is 5.58. The van der Waals surface area contributed by atoms with Crippen molar-refractivity contribution < 1.29 is 23.8 Å². The van der Waals surface area contributed by atoms with Gasteiger partial charge >= 0.3 is 0 Å². The standard InChI is InChI=1S/C20H24N2O5/c1-12(2)19(23)21-14-8-6-13(7-9-14)20(24)22-15-10-16(25-3)18(27-5)17(11-15)26-4/h6-12H,1-5H3,(H,21,23)(H,22,24). The fourth-order valence-electron chi connectivity index (χ4n) is 2.35. The van der Waals surface area contributed by atoms with Crippen LogP contribution in [0.25, 0.3) is 0 Å². The van der Waals surface area contributed by atoms with Gasteiger partial charge in [0.05, 0.1) is 21.3 Å². The summed E-state index contributed by atoms with van der Waals surface area (Å²) in [4.78, 5) is 24.2. The van der Waals surface area contributed by atoms with Gasteiger partial charge in [-0.25, -0.2) is 0 Å². The van der Waals surface area contributed by atoms with E-state index in [1.54, 1.807) is 36.4 Å². The van der Waals surface area contributed by atoms with Gasteiger partial charge in [0.15, 0.2) is 11.5 Å². The number of ether oxygens (including phenoxy) is 3. The summed E-state index contributed by atoms with van der Waals surface area (Å²) in [5.74, 6) is 0.838. The summed E-state index contributed by atoms with van der Waals surface area (Å²) in [5.41, 5.74) is 1.59. The average molecular weight is 372 g/mol. The highest BCUT2D eigenvalue weighted by Crippen LogP contribution is 2.40. The van der Waals surface area contributed by atoms with Crippen molar-refractivity contribution in [2.75, 3.05) is 32.0 Å². The predicted molar refractivity (Wildman–Crippen MR) is 104 cm³/mol. The van der Waals surface area contributed by atoms with E-state index in [9.17, 15) is 9.59 Å². The minimum absolute atomic E-state index is 0.0791. The minimum atomic E-state index is -0.300. The Morgan fingerprint density at radius 1 is 0.815 bits per heavy atom. The van der Waals surface area contributed by atoms with Crippen LogP contribution >= 0.6 is 0 Å². The Kier molecular flexibility index (Phi) is 6.65. The lowest BCUT2D eigenvalue weighted by Gasteiger charge is -2.14.